The van der Waals surface area contributed by atoms with Gasteiger partial charge in [0.25, 0.3) is 0 Å². The number of hydrogen-bond acceptors (Lipinski definition) is 16. The molecule has 0 fully saturated rings. The molecule has 0 spiro atoms. The number of rotatable bonds is 6. The first-order valence-electron chi connectivity index (χ1n) is 12.5. The highest BCUT2D eigenvalue weighted by atomic mass is 35.7. The lowest BCUT2D eigenvalue weighted by Crippen LogP contribution is -2.68. The number of aromatic nitrogens is 4. The molecule has 49 heavy (non-hydrogen) atoms. The summed E-state index contributed by atoms with van der Waals surface area (Å²) in [5.74, 6) is 0. The van der Waals surface area contributed by atoms with Crippen LogP contribution in [0.1, 0.15) is 6.42 Å². The number of hydrogen-bond donors (Lipinski definition) is 0. The van der Waals surface area contributed by atoms with E-state index in [1.54, 1.807) is 0 Å². The summed E-state index contributed by atoms with van der Waals surface area (Å²) in [7, 11) is -15.7. The predicted octanol–water partition coefficient (Wildman–Crippen LogP) is -16.7. The smallest absolute Gasteiger partial charge is 0.169 e. The predicted molar refractivity (Wildman–Crippen MR) is 111 cm³/mol. The Hall–Kier alpha value is -2.88. The van der Waals surface area contributed by atoms with Crippen molar-refractivity contribution in [2.24, 2.45) is 14.1 Å². The van der Waals surface area contributed by atoms with Crippen molar-refractivity contribution in [3.05, 3.63) is 98.1 Å². The van der Waals surface area contributed by atoms with E-state index in [9.17, 15) is 0 Å². The molecular formula is C25H28Cl4N4O16. The van der Waals surface area contributed by atoms with Crippen LogP contribution in [0, 0.1) is 41.0 Å². The molecule has 24 heteroatoms. The van der Waals surface area contributed by atoms with Crippen LogP contribution in [0.5, 0.6) is 0 Å². The van der Waals surface area contributed by atoms with E-state index >= 15 is 0 Å². The highest BCUT2D eigenvalue weighted by Crippen LogP contribution is 2.16. The van der Waals surface area contributed by atoms with Crippen LogP contribution in [-0.4, -0.2) is 0 Å². The Balaban J connectivity index is 0.000000943. The van der Waals surface area contributed by atoms with Crippen molar-refractivity contribution in [1.29, 1.82) is 0 Å². The minimum absolute atomic E-state index is 1.01. The Morgan fingerprint density at radius 2 is 0.510 bits per heavy atom. The summed E-state index contributed by atoms with van der Waals surface area (Å²) in [5.41, 5.74) is 5.00. The third kappa shape index (κ3) is 32.1. The Morgan fingerprint density at radius 3 is 0.694 bits per heavy atom. The summed E-state index contributed by atoms with van der Waals surface area (Å²) in [4.78, 5) is 0. The maximum Gasteiger partial charge on any atom is 0.169 e. The molecule has 272 valence electrons. The molecule has 0 unspecified atom stereocenters. The number of pyridine rings is 4. The van der Waals surface area contributed by atoms with Crippen LogP contribution in [0.3, 0.4) is 0 Å². The Morgan fingerprint density at radius 1 is 0.347 bits per heavy atom. The van der Waals surface area contributed by atoms with Gasteiger partial charge in [-0.25, -0.2) is 92.8 Å². The van der Waals surface area contributed by atoms with E-state index in [-0.39, 0.29) is 0 Å². The van der Waals surface area contributed by atoms with Crippen LogP contribution < -0.4 is 92.8 Å². The monoisotopic (exact) mass is 780 g/mol. The summed E-state index contributed by atoms with van der Waals surface area (Å²) >= 11 is 0. The molecule has 0 radical (unpaired) electrons. The van der Waals surface area contributed by atoms with Gasteiger partial charge in [0.2, 0.25) is 0 Å². The SMILES string of the molecule is C[n+]1ccc(-c2cc[n+](CCC[n+]3ccc(-c4cc[n+](C)cc4)cc3)cc2)cc1.[O-][Cl+3]([O-])([O-])[O-].[O-][Cl+3]([O-])([O-])[O-].[O-][Cl+3]([O-])([O-])[O-].[O-][Cl+3]([O-])([O-])[O-]. The van der Waals surface area contributed by atoms with E-state index in [1.807, 2.05) is 14.1 Å². The van der Waals surface area contributed by atoms with Gasteiger partial charge in [0, 0.05) is 48.5 Å². The van der Waals surface area contributed by atoms with E-state index in [2.05, 4.69) is 116 Å². The van der Waals surface area contributed by atoms with E-state index in [1.165, 1.54) is 22.3 Å². The minimum Gasteiger partial charge on any atom is -0.222 e. The molecule has 0 N–H and O–H groups in total. The fourth-order valence-electron chi connectivity index (χ4n) is 3.42. The van der Waals surface area contributed by atoms with Gasteiger partial charge in [0.15, 0.2) is 62.7 Å². The van der Waals surface area contributed by atoms with Crippen LogP contribution in [-0.2, 0) is 27.2 Å². The molecule has 0 aromatic carbocycles. The zero-order valence-corrected chi connectivity index (χ0v) is 28.2. The minimum atomic E-state index is -4.94. The third-order valence-corrected chi connectivity index (χ3v) is 5.24. The highest BCUT2D eigenvalue weighted by Gasteiger charge is 2.08. The van der Waals surface area contributed by atoms with Crippen LogP contribution in [0.15, 0.2) is 98.1 Å². The fourth-order valence-corrected chi connectivity index (χ4v) is 3.42. The molecule has 0 aliphatic rings. The first kappa shape index (κ1) is 46.1. The van der Waals surface area contributed by atoms with Crippen molar-refractivity contribution in [3.8, 4) is 22.3 Å². The molecule has 4 aromatic rings. The highest BCUT2D eigenvalue weighted by molar-refractivity contribution is 5.61. The van der Waals surface area contributed by atoms with Crippen molar-refractivity contribution in [2.45, 2.75) is 19.5 Å². The summed E-state index contributed by atoms with van der Waals surface area (Å²) in [6.45, 7) is 2.02. The normalized spacial score (nSPS) is 11.3. The van der Waals surface area contributed by atoms with Crippen molar-refractivity contribution in [1.82, 2.24) is 0 Å². The van der Waals surface area contributed by atoms with Crippen LogP contribution >= 0.6 is 0 Å². The standard InChI is InChI=1S/C25H28N4.4ClHO4/c1-26-14-4-22(5-15-26)24-8-18-28(19-9-24)12-3-13-29-20-10-25(11-21-29)23-6-16-27(2)17-7-23;4*2-1(3,4)5/h4-11,14-21H,3,12-13H2,1-2H3;4*(H,2,3,4,5)/q+4;;;;/p-4. The maximum absolute atomic E-state index is 8.49. The lowest BCUT2D eigenvalue weighted by atomic mass is 10.1. The second-order valence-electron chi connectivity index (χ2n) is 9.02. The van der Waals surface area contributed by atoms with Crippen LogP contribution in [0.2, 0.25) is 0 Å². The summed E-state index contributed by atoms with van der Waals surface area (Å²) < 4.78 is 145. The van der Waals surface area contributed by atoms with E-state index < -0.39 is 41.0 Å². The zero-order valence-electron chi connectivity index (χ0n) is 25.2. The molecule has 0 bridgehead atoms. The van der Waals surface area contributed by atoms with Crippen LogP contribution in [0.25, 0.3) is 22.3 Å². The van der Waals surface area contributed by atoms with Gasteiger partial charge in [0.1, 0.15) is 14.1 Å². The van der Waals surface area contributed by atoms with Gasteiger partial charge in [-0.2, -0.15) is 0 Å². The summed E-state index contributed by atoms with van der Waals surface area (Å²) in [6, 6.07) is 17.4. The second kappa shape index (κ2) is 21.4. The fraction of sp³-hybridized carbons (Fsp3) is 0.200. The Labute approximate surface area is 287 Å². The van der Waals surface area contributed by atoms with Crippen molar-refractivity contribution in [3.63, 3.8) is 0 Å². The second-order valence-corrected chi connectivity index (χ2v) is 12.0. The molecule has 0 aliphatic carbocycles. The molecule has 0 saturated carbocycles. The molecule has 4 aromatic heterocycles. The number of nitrogens with zero attached hydrogens (tertiary/aromatic N) is 4. The van der Waals surface area contributed by atoms with Crippen molar-refractivity contribution < 1.29 is 134 Å². The first-order valence-corrected chi connectivity index (χ1v) is 17.5. The molecule has 0 atom stereocenters. The average Bonchev–Trinajstić information content (AvgIpc) is 2.91. The van der Waals surface area contributed by atoms with Gasteiger partial charge in [-0.3, -0.25) is 0 Å². The summed E-state index contributed by atoms with van der Waals surface area (Å²) in [6.07, 6.45) is 18.1. The topological polar surface area (TPSA) is 384 Å². The first-order chi connectivity index (χ1) is 22.2. The number of aryl methyl sites for hydroxylation is 4. The largest absolute Gasteiger partial charge is 0.222 e. The van der Waals surface area contributed by atoms with Crippen molar-refractivity contribution in [2.75, 3.05) is 0 Å². The molecule has 4 heterocycles. The Kier molecular flexibility index (Phi) is 20.1. The average molecular weight is 782 g/mol. The zero-order chi connectivity index (χ0) is 38.1. The van der Waals surface area contributed by atoms with Gasteiger partial charge < -0.3 is 0 Å². The van der Waals surface area contributed by atoms with E-state index in [0.717, 1.165) is 19.5 Å². The van der Waals surface area contributed by atoms with Gasteiger partial charge in [-0.1, -0.05) is 0 Å². The van der Waals surface area contributed by atoms with Gasteiger partial charge in [-0.05, 0) is 22.3 Å². The molecular weight excluding hydrogens is 754 g/mol. The van der Waals surface area contributed by atoms with Gasteiger partial charge >= 0.3 is 0 Å². The quantitative estimate of drug-likeness (QED) is 0.164. The molecule has 0 amide bonds. The molecule has 4 rings (SSSR count). The van der Waals surface area contributed by atoms with Gasteiger partial charge in [-0.15, -0.1) is 41.0 Å². The molecule has 0 aliphatic heterocycles. The van der Waals surface area contributed by atoms with Gasteiger partial charge in [0.05, 0.1) is 6.42 Å². The van der Waals surface area contributed by atoms with E-state index in [0.29, 0.717) is 0 Å². The third-order valence-electron chi connectivity index (χ3n) is 5.24. The lowest BCUT2D eigenvalue weighted by molar-refractivity contribution is -2.00. The van der Waals surface area contributed by atoms with E-state index in [4.69, 9.17) is 74.5 Å². The molecule has 20 nitrogen and oxygen atoms in total. The van der Waals surface area contributed by atoms with Crippen LogP contribution in [0.4, 0.5) is 0 Å². The Bertz CT molecular complexity index is 1300. The lowest BCUT2D eigenvalue weighted by Gasteiger charge is -2.17. The number of halogens is 4. The molecule has 0 saturated heterocycles. The van der Waals surface area contributed by atoms with Crippen molar-refractivity contribution >= 4 is 0 Å². The summed E-state index contributed by atoms with van der Waals surface area (Å²) in [5, 5.41) is 0. The maximum atomic E-state index is 8.49.